The molecule has 0 unspecified atom stereocenters. The SMILES string of the molecule is N#Cc1cc(CN2CCNC(=O)C[C@H]2c2ccccc2)ccc1F. The quantitative estimate of drug-likeness (QED) is 0.945. The van der Waals surface area contributed by atoms with Gasteiger partial charge in [-0.1, -0.05) is 36.4 Å². The Kier molecular flexibility index (Phi) is 4.88. The van der Waals surface area contributed by atoms with Crippen LogP contribution in [0, 0.1) is 17.1 Å². The van der Waals surface area contributed by atoms with E-state index < -0.39 is 5.82 Å². The molecule has 4 nitrogen and oxygen atoms in total. The lowest BCUT2D eigenvalue weighted by Crippen LogP contribution is -2.30. The Bertz CT molecular complexity index is 770. The van der Waals surface area contributed by atoms with Gasteiger partial charge in [0.05, 0.1) is 5.56 Å². The van der Waals surface area contributed by atoms with Crippen LogP contribution >= 0.6 is 0 Å². The molecule has 0 saturated carbocycles. The summed E-state index contributed by atoms with van der Waals surface area (Å²) < 4.78 is 13.5. The molecule has 1 fully saturated rings. The van der Waals surface area contributed by atoms with E-state index >= 15 is 0 Å². The van der Waals surface area contributed by atoms with E-state index in [1.54, 1.807) is 12.1 Å². The molecule has 0 bridgehead atoms. The van der Waals surface area contributed by atoms with Crippen molar-refractivity contribution in [3.8, 4) is 6.07 Å². The van der Waals surface area contributed by atoms with E-state index in [0.29, 0.717) is 26.1 Å². The normalized spacial score (nSPS) is 18.5. The van der Waals surface area contributed by atoms with Gasteiger partial charge in [0.25, 0.3) is 0 Å². The van der Waals surface area contributed by atoms with Crippen molar-refractivity contribution >= 4 is 5.91 Å². The van der Waals surface area contributed by atoms with Crippen LogP contribution in [0.25, 0.3) is 0 Å². The minimum atomic E-state index is -0.506. The third kappa shape index (κ3) is 3.61. The molecule has 122 valence electrons. The summed E-state index contributed by atoms with van der Waals surface area (Å²) >= 11 is 0. The van der Waals surface area contributed by atoms with Gasteiger partial charge in [-0.25, -0.2) is 4.39 Å². The van der Waals surface area contributed by atoms with Gasteiger partial charge in [-0.2, -0.15) is 5.26 Å². The largest absolute Gasteiger partial charge is 0.355 e. The second-order valence-electron chi connectivity index (χ2n) is 5.88. The van der Waals surface area contributed by atoms with Crippen LogP contribution in [0.1, 0.15) is 29.2 Å². The fraction of sp³-hybridized carbons (Fsp3) is 0.263. The first-order valence-corrected chi connectivity index (χ1v) is 7.91. The van der Waals surface area contributed by atoms with Gasteiger partial charge in [-0.05, 0) is 23.3 Å². The van der Waals surface area contributed by atoms with Gasteiger partial charge in [0.15, 0.2) is 0 Å². The van der Waals surface area contributed by atoms with E-state index in [4.69, 9.17) is 5.26 Å². The second kappa shape index (κ2) is 7.24. The molecule has 1 N–H and O–H groups in total. The summed E-state index contributed by atoms with van der Waals surface area (Å²) in [7, 11) is 0. The van der Waals surface area contributed by atoms with E-state index in [1.807, 2.05) is 36.4 Å². The molecule has 2 aromatic rings. The summed E-state index contributed by atoms with van der Waals surface area (Å²) in [6.07, 6.45) is 0.385. The van der Waals surface area contributed by atoms with Crippen LogP contribution in [0.2, 0.25) is 0 Å². The molecule has 1 atom stereocenters. The topological polar surface area (TPSA) is 56.1 Å². The van der Waals surface area contributed by atoms with Crippen LogP contribution in [0.15, 0.2) is 48.5 Å². The van der Waals surface area contributed by atoms with Crippen LogP contribution in [0.4, 0.5) is 4.39 Å². The standard InChI is InChI=1S/C19H18FN3O/c20-17-7-6-14(10-16(17)12-21)13-23-9-8-22-19(24)11-18(23)15-4-2-1-3-5-15/h1-7,10,18H,8-9,11,13H2,(H,22,24)/t18-/m0/s1. The highest BCUT2D eigenvalue weighted by atomic mass is 19.1. The molecule has 1 aliphatic rings. The predicted molar refractivity (Wildman–Crippen MR) is 88.3 cm³/mol. The first-order chi connectivity index (χ1) is 11.7. The fourth-order valence-electron chi connectivity index (χ4n) is 3.06. The molecule has 24 heavy (non-hydrogen) atoms. The van der Waals surface area contributed by atoms with Crippen LogP contribution in [-0.2, 0) is 11.3 Å². The van der Waals surface area contributed by atoms with E-state index in [0.717, 1.165) is 11.1 Å². The summed E-state index contributed by atoms with van der Waals surface area (Å²) in [4.78, 5) is 14.2. The van der Waals surface area contributed by atoms with Gasteiger partial charge >= 0.3 is 0 Å². The number of nitriles is 1. The number of halogens is 1. The second-order valence-corrected chi connectivity index (χ2v) is 5.88. The Balaban J connectivity index is 1.88. The van der Waals surface area contributed by atoms with Crippen molar-refractivity contribution in [2.75, 3.05) is 13.1 Å². The van der Waals surface area contributed by atoms with E-state index in [-0.39, 0.29) is 17.5 Å². The number of benzene rings is 2. The van der Waals surface area contributed by atoms with Gasteiger partial charge in [0, 0.05) is 32.1 Å². The summed E-state index contributed by atoms with van der Waals surface area (Å²) in [5.41, 5.74) is 1.99. The van der Waals surface area contributed by atoms with Crippen molar-refractivity contribution < 1.29 is 9.18 Å². The first kappa shape index (κ1) is 16.2. The molecule has 1 heterocycles. The molecular formula is C19H18FN3O. The molecule has 0 spiro atoms. The number of rotatable bonds is 3. The zero-order valence-corrected chi connectivity index (χ0v) is 13.2. The monoisotopic (exact) mass is 323 g/mol. The highest BCUT2D eigenvalue weighted by molar-refractivity contribution is 5.77. The maximum Gasteiger partial charge on any atom is 0.221 e. The summed E-state index contributed by atoms with van der Waals surface area (Å²) in [5.74, 6) is -0.475. The average molecular weight is 323 g/mol. The maximum absolute atomic E-state index is 13.5. The molecule has 1 aliphatic heterocycles. The van der Waals surface area contributed by atoms with Gasteiger partial charge in [-0.3, -0.25) is 9.69 Å². The van der Waals surface area contributed by atoms with Gasteiger partial charge in [0.2, 0.25) is 5.91 Å². The van der Waals surface area contributed by atoms with Gasteiger partial charge in [-0.15, -0.1) is 0 Å². The summed E-state index contributed by atoms with van der Waals surface area (Å²) in [6.45, 7) is 1.84. The summed E-state index contributed by atoms with van der Waals surface area (Å²) in [5, 5.41) is 11.9. The average Bonchev–Trinajstić information content (AvgIpc) is 2.79. The van der Waals surface area contributed by atoms with Crippen molar-refractivity contribution in [2.45, 2.75) is 19.0 Å². The molecule has 3 rings (SSSR count). The lowest BCUT2D eigenvalue weighted by molar-refractivity contribution is -0.121. The van der Waals surface area contributed by atoms with Crippen LogP contribution in [0.3, 0.4) is 0 Å². The third-order valence-corrected chi connectivity index (χ3v) is 4.26. The Hall–Kier alpha value is -2.71. The van der Waals surface area contributed by atoms with Crippen molar-refractivity contribution in [2.24, 2.45) is 0 Å². The smallest absolute Gasteiger partial charge is 0.221 e. The van der Waals surface area contributed by atoms with Crippen LogP contribution in [0.5, 0.6) is 0 Å². The first-order valence-electron chi connectivity index (χ1n) is 7.91. The highest BCUT2D eigenvalue weighted by Crippen LogP contribution is 2.27. The van der Waals surface area contributed by atoms with Crippen LogP contribution < -0.4 is 5.32 Å². The molecular weight excluding hydrogens is 305 g/mol. The Labute approximate surface area is 140 Å². The van der Waals surface area contributed by atoms with Gasteiger partial charge in [0.1, 0.15) is 11.9 Å². The minimum absolute atomic E-state index is 0.0307. The van der Waals surface area contributed by atoms with Crippen molar-refractivity contribution in [1.29, 1.82) is 5.26 Å². The Morgan fingerprint density at radius 1 is 1.25 bits per heavy atom. The number of nitrogens with zero attached hydrogens (tertiary/aromatic N) is 2. The zero-order chi connectivity index (χ0) is 16.9. The molecule has 5 heteroatoms. The number of hydrogen-bond donors (Lipinski definition) is 1. The molecule has 1 amide bonds. The summed E-state index contributed by atoms with van der Waals surface area (Å²) in [6, 6.07) is 16.3. The van der Waals surface area contributed by atoms with Crippen molar-refractivity contribution in [3.63, 3.8) is 0 Å². The number of amides is 1. The number of hydrogen-bond acceptors (Lipinski definition) is 3. The zero-order valence-electron chi connectivity index (χ0n) is 13.2. The lowest BCUT2D eigenvalue weighted by Gasteiger charge is -2.29. The van der Waals surface area contributed by atoms with E-state index in [1.165, 1.54) is 6.07 Å². The Morgan fingerprint density at radius 3 is 2.79 bits per heavy atom. The van der Waals surface area contributed by atoms with E-state index in [9.17, 15) is 9.18 Å². The molecule has 0 aliphatic carbocycles. The fourth-order valence-corrected chi connectivity index (χ4v) is 3.06. The lowest BCUT2D eigenvalue weighted by atomic mass is 10.0. The van der Waals surface area contributed by atoms with Crippen LogP contribution in [-0.4, -0.2) is 23.9 Å². The minimum Gasteiger partial charge on any atom is -0.355 e. The number of carbonyl (C=O) groups excluding carboxylic acids is 1. The Morgan fingerprint density at radius 2 is 2.04 bits per heavy atom. The predicted octanol–water partition coefficient (Wildman–Crippen LogP) is 2.76. The van der Waals surface area contributed by atoms with E-state index in [2.05, 4.69) is 10.2 Å². The molecule has 0 radical (unpaired) electrons. The van der Waals surface area contributed by atoms with Crippen molar-refractivity contribution in [1.82, 2.24) is 10.2 Å². The number of carbonyl (C=O) groups is 1. The molecule has 2 aromatic carbocycles. The highest BCUT2D eigenvalue weighted by Gasteiger charge is 2.26. The molecule has 0 aromatic heterocycles. The maximum atomic E-state index is 13.5. The van der Waals surface area contributed by atoms with Gasteiger partial charge < -0.3 is 5.32 Å². The third-order valence-electron chi connectivity index (χ3n) is 4.26. The molecule has 1 saturated heterocycles. The number of nitrogens with one attached hydrogen (secondary N) is 1. The van der Waals surface area contributed by atoms with Crippen molar-refractivity contribution in [3.05, 3.63) is 71.0 Å².